The molecule has 0 saturated carbocycles. The Morgan fingerprint density at radius 1 is 0.509 bits per heavy atom. The number of nitrogens with one attached hydrogen (secondary N) is 2. The number of Topliss-reactive ketones (excluding diaryl/α,β-unsaturated/α-hetero) is 1. The van der Waals surface area contributed by atoms with Gasteiger partial charge in [-0.3, -0.25) is 19.2 Å². The van der Waals surface area contributed by atoms with Crippen LogP contribution in [0.2, 0.25) is 0 Å². The van der Waals surface area contributed by atoms with Crippen LogP contribution in [0.4, 0.5) is 0 Å². The molecule has 0 spiro atoms. The Balaban J connectivity index is 0.000000448. The number of carbonyl (C=O) groups excluding carboxylic acids is 5. The van der Waals surface area contributed by atoms with Crippen LogP contribution in [-0.4, -0.2) is 130 Å². The summed E-state index contributed by atoms with van der Waals surface area (Å²) >= 11 is 0. The molecule has 24 heteroatoms. The van der Waals surface area contributed by atoms with Crippen LogP contribution in [0.1, 0.15) is 149 Å². The van der Waals surface area contributed by atoms with E-state index in [1.54, 1.807) is 32.0 Å². The summed E-state index contributed by atoms with van der Waals surface area (Å²) in [5, 5.41) is 14.9. The summed E-state index contributed by atoms with van der Waals surface area (Å²) in [5.41, 5.74) is 18.3. The minimum absolute atomic E-state index is 0. The monoisotopic (exact) mass is 1520 g/mol. The van der Waals surface area contributed by atoms with Gasteiger partial charge in [0.25, 0.3) is 11.1 Å². The number of H-pyrrole nitrogens is 2. The Labute approximate surface area is 668 Å². The Hall–Kier alpha value is -11.3. The van der Waals surface area contributed by atoms with E-state index in [0.29, 0.717) is 31.4 Å². The number of fused-ring (bicyclic) bond motifs is 5. The fraction of sp³-hybridized carbons (Fsp3) is 0.318. The van der Waals surface area contributed by atoms with E-state index >= 15 is 0 Å². The van der Waals surface area contributed by atoms with Gasteiger partial charge in [-0.15, -0.1) is 0 Å². The zero-order valence-electron chi connectivity index (χ0n) is 68.7. The Morgan fingerprint density at radius 3 is 1.25 bits per heavy atom. The second-order valence-electron chi connectivity index (χ2n) is 27.1. The number of hydrogen-bond acceptors (Lipinski definition) is 14. The predicted molar refractivity (Wildman–Crippen MR) is 446 cm³/mol. The topological polar surface area (TPSA) is 330 Å². The first-order valence-corrected chi connectivity index (χ1v) is 36.3. The van der Waals surface area contributed by atoms with Crippen LogP contribution in [0.15, 0.2) is 198 Å². The summed E-state index contributed by atoms with van der Waals surface area (Å²) in [6.07, 6.45) is 18.2. The van der Waals surface area contributed by atoms with Gasteiger partial charge in [0.05, 0.1) is 32.7 Å². The molecule has 0 bridgehead atoms. The van der Waals surface area contributed by atoms with Gasteiger partial charge in [-0.05, 0) is 130 Å². The second kappa shape index (κ2) is 46.4. The number of carboxylic acids is 1. The normalized spacial score (nSPS) is 10.2. The first kappa shape index (κ1) is 96.8. The number of pyridine rings is 2. The molecule has 0 aliphatic carbocycles. The third-order valence-electron chi connectivity index (χ3n) is 17.3. The second-order valence-corrected chi connectivity index (χ2v) is 27.1. The number of aryl methyl sites for hydroxylation is 7. The molecule has 12 rings (SSSR count). The Bertz CT molecular complexity index is 5170. The molecule has 112 heavy (non-hydrogen) atoms. The number of ether oxygens (including phenoxy) is 3. The SMILES string of the molecule is C=C(CCC)c1cn(C)c2ccccc12.CC(C)(C)N.CC=C(C(=O)OC)C(=O)OC.CCCC(=O)N(C)C.CCCC(=O)c1cn(C)c2ccccc12.CCc1cc(C(=O)O)c(=O)[nH]c1-c1cn(C)c2ccccc12.CCc1cc(C(=O)OC)c(=O)[nH]c1-c1cn(C)c2ccccc12.Cn1ccc2ccccc21.[Li+].[OH-].[OH-]. The number of nitrogens with two attached hydrogens (primary N) is 1. The molecular formula is C88H111LiN9O14-. The minimum atomic E-state index is -1.21. The van der Waals surface area contributed by atoms with Gasteiger partial charge in [0.1, 0.15) is 16.7 Å². The molecule has 7 aromatic heterocycles. The van der Waals surface area contributed by atoms with Gasteiger partial charge in [0.2, 0.25) is 5.91 Å². The number of rotatable bonds is 16. The molecule has 0 atom stereocenters. The van der Waals surface area contributed by atoms with Crippen LogP contribution in [0.25, 0.3) is 82.6 Å². The summed E-state index contributed by atoms with van der Waals surface area (Å²) in [6, 6.07) is 46.0. The minimum Gasteiger partial charge on any atom is -0.870 e. The van der Waals surface area contributed by atoms with E-state index in [4.69, 9.17) is 10.8 Å². The van der Waals surface area contributed by atoms with Gasteiger partial charge in [-0.2, -0.15) is 0 Å². The number of para-hydroxylation sites is 5. The van der Waals surface area contributed by atoms with Crippen molar-refractivity contribution in [2.75, 3.05) is 35.4 Å². The van der Waals surface area contributed by atoms with E-state index in [-0.39, 0.29) is 63.7 Å². The van der Waals surface area contributed by atoms with Crippen LogP contribution >= 0.6 is 0 Å². The van der Waals surface area contributed by atoms with E-state index in [1.807, 2.05) is 175 Å². The number of benzene rings is 5. The number of aromatic nitrogens is 7. The number of carbonyl (C=O) groups is 6. The summed E-state index contributed by atoms with van der Waals surface area (Å²) < 4.78 is 23.6. The van der Waals surface area contributed by atoms with E-state index in [2.05, 4.69) is 128 Å². The van der Waals surface area contributed by atoms with Crippen LogP contribution in [0.3, 0.4) is 0 Å². The third-order valence-corrected chi connectivity index (χ3v) is 17.3. The van der Waals surface area contributed by atoms with Gasteiger partial charge in [0.15, 0.2) is 5.78 Å². The first-order chi connectivity index (χ1) is 51.8. The van der Waals surface area contributed by atoms with Gasteiger partial charge in [-0.25, -0.2) is 19.2 Å². The summed E-state index contributed by atoms with van der Waals surface area (Å²) in [7, 11) is 17.3. The zero-order chi connectivity index (χ0) is 81.0. The van der Waals surface area contributed by atoms with Crippen molar-refractivity contribution in [3.05, 3.63) is 243 Å². The molecule has 0 aliphatic heterocycles. The van der Waals surface area contributed by atoms with Gasteiger partial charge in [0, 0.05) is 170 Å². The maximum atomic E-state index is 12.3. The maximum Gasteiger partial charge on any atom is 1.00 e. The van der Waals surface area contributed by atoms with E-state index < -0.39 is 35.0 Å². The summed E-state index contributed by atoms with van der Waals surface area (Å²) in [4.78, 5) is 98.4. The quantitative estimate of drug-likeness (QED) is 0.0133. The van der Waals surface area contributed by atoms with Crippen LogP contribution in [0, 0.1) is 0 Å². The zero-order valence-corrected chi connectivity index (χ0v) is 68.7. The number of nitrogens with zero attached hydrogens (tertiary/aromatic N) is 6. The van der Waals surface area contributed by atoms with Gasteiger partial charge >= 0.3 is 42.7 Å². The molecule has 1 amide bonds. The molecule has 0 saturated heterocycles. The number of carboxylic acid groups (broad SMARTS) is 1. The number of esters is 3. The molecule has 7 N–H and O–H groups in total. The van der Waals surface area contributed by atoms with Gasteiger partial charge in [-0.1, -0.05) is 145 Å². The molecule has 12 aromatic rings. The Kier molecular flexibility index (Phi) is 40.1. The fourth-order valence-electron chi connectivity index (χ4n) is 11.9. The summed E-state index contributed by atoms with van der Waals surface area (Å²) in [5.74, 6) is -2.73. The molecule has 5 aromatic carbocycles. The first-order valence-electron chi connectivity index (χ1n) is 36.3. The van der Waals surface area contributed by atoms with Crippen molar-refractivity contribution in [3.8, 4) is 22.5 Å². The number of hydrogen-bond donors (Lipinski definition) is 4. The molecular weight excluding hydrogens is 1410 g/mol. The number of methoxy groups -OCH3 is 3. The Morgan fingerprint density at radius 2 is 0.875 bits per heavy atom. The number of aromatic amines is 2. The molecule has 0 radical (unpaired) electrons. The number of allylic oxidation sites excluding steroid dienone is 2. The number of ketones is 1. The number of amides is 1. The van der Waals surface area contributed by atoms with E-state index in [9.17, 15) is 38.4 Å². The molecule has 7 heterocycles. The van der Waals surface area contributed by atoms with Crippen molar-refractivity contribution in [3.63, 3.8) is 0 Å². The average molecular weight is 1530 g/mol. The summed E-state index contributed by atoms with van der Waals surface area (Å²) in [6.45, 7) is 21.8. The van der Waals surface area contributed by atoms with Crippen molar-refractivity contribution in [1.29, 1.82) is 0 Å². The smallest absolute Gasteiger partial charge is 0.870 e. The van der Waals surface area contributed by atoms with Crippen molar-refractivity contribution in [2.45, 2.75) is 119 Å². The predicted octanol–water partition coefficient (Wildman–Crippen LogP) is 13.6. The van der Waals surface area contributed by atoms with E-state index in [0.717, 1.165) is 91.9 Å². The van der Waals surface area contributed by atoms with Crippen molar-refractivity contribution in [1.82, 2.24) is 37.7 Å². The van der Waals surface area contributed by atoms with Gasteiger partial charge < -0.3 is 73.7 Å². The molecule has 23 nitrogen and oxygen atoms in total. The van der Waals surface area contributed by atoms with E-state index in [1.165, 1.54) is 66.4 Å². The molecule has 0 unspecified atom stereocenters. The maximum absolute atomic E-state index is 12.3. The average Bonchev–Trinajstić information content (AvgIpc) is 1.57. The van der Waals surface area contributed by atoms with Crippen molar-refractivity contribution < 1.29 is 77.9 Å². The fourth-order valence-corrected chi connectivity index (χ4v) is 11.9. The number of aromatic carboxylic acids is 1. The standard InChI is InChI=1S/C18H18N2O3.C17H16N2O3.C14H17N.C13H15NO.C9H9N.C7H10O4.C6H13NO.C4H11N.Li.2H2O/c1-4-11-9-13(18(22)23-3)17(21)19-16(11)14-10-20(2)15-8-6-5-7-12(14)15;1-3-10-8-12(17(21)22)16(20)18-15(10)13-9-19(2)14-7-5-4-6-11(13)14;1-4-7-11(2)13-10-15(3)14-9-6-5-8-12(13)14;1-3-6-13(15)11-9-14(2)12-8-5-4-7-10(11)12;1-10-7-6-8-4-2-3-5-9(8)10;1-4-5(6(8)10-2)7(9)11-3;1-4-5-6(8)7(2)3;1-4(2,3)5;;;/h5-10H,4H2,1-3H3,(H,19,21);4-9H,3H2,1-2H3,(H,18,20)(H,21,22);5-6,8-10H,2,4,7H2,1,3H3;4-5,7-9H,3,6H2,1-2H3;2-7H,1H3;4H,1-3H3;4-5H2,1-3H3;5H2,1-3H3;;2*1H2/q;;;;;;;;+1;;/p-2. The van der Waals surface area contributed by atoms with Crippen LogP contribution in [-0.2, 0) is 76.7 Å². The van der Waals surface area contributed by atoms with Crippen LogP contribution in [0.5, 0.6) is 0 Å². The third kappa shape index (κ3) is 26.2. The van der Waals surface area contributed by atoms with Crippen molar-refractivity contribution >= 4 is 95.7 Å². The molecule has 594 valence electrons. The molecule has 0 aliphatic rings. The van der Waals surface area contributed by atoms with Crippen molar-refractivity contribution in [2.24, 2.45) is 41.0 Å². The van der Waals surface area contributed by atoms with Crippen LogP contribution < -0.4 is 35.7 Å². The molecule has 0 fully saturated rings. The largest absolute Gasteiger partial charge is 1.00 e.